The van der Waals surface area contributed by atoms with E-state index in [9.17, 15) is 18.0 Å². The largest absolute Gasteiger partial charge is 0.471 e. The summed E-state index contributed by atoms with van der Waals surface area (Å²) in [5, 5.41) is 19.3. The van der Waals surface area contributed by atoms with Gasteiger partial charge in [-0.2, -0.15) is 23.7 Å². The minimum absolute atomic E-state index is 0.0116. The monoisotopic (exact) mass is 814 g/mol. The number of nitrogens with zero attached hydrogens (tertiary/aromatic N) is 4. The van der Waals surface area contributed by atoms with Gasteiger partial charge in [0.25, 0.3) is 17.1 Å². The van der Waals surface area contributed by atoms with E-state index in [1.54, 1.807) is 0 Å². The molecule has 0 saturated carbocycles. The Morgan fingerprint density at radius 2 is 0.889 bits per heavy atom. The molecule has 0 aliphatic heterocycles. The number of nitrogens with one attached hydrogen (secondary N) is 1. The summed E-state index contributed by atoms with van der Waals surface area (Å²) in [4.78, 5) is 10.7. The zero-order valence-corrected chi connectivity index (χ0v) is 37.0. The van der Waals surface area contributed by atoms with E-state index in [4.69, 9.17) is 28.6 Å². The molecule has 15 heteroatoms. The first kappa shape index (κ1) is 55.0. The number of rotatable bonds is 33. The molecule has 0 aliphatic carbocycles. The second-order valence-corrected chi connectivity index (χ2v) is 17.4. The van der Waals surface area contributed by atoms with E-state index in [1.165, 1.54) is 64.2 Å². The minimum Gasteiger partial charge on any atom is -0.348 e. The third kappa shape index (κ3) is 31.0. The minimum atomic E-state index is -4.82. The molecule has 0 bridgehead atoms. The molecule has 54 heavy (non-hydrogen) atoms. The second-order valence-electron chi connectivity index (χ2n) is 14.5. The highest BCUT2D eigenvalue weighted by Gasteiger charge is 2.38. The molecule has 318 valence electrons. The number of amides is 1. The second kappa shape index (κ2) is 36.2. The third-order valence-electron chi connectivity index (χ3n) is 8.09. The van der Waals surface area contributed by atoms with E-state index < -0.39 is 29.1 Å². The Morgan fingerprint density at radius 1 is 0.574 bits per heavy atom. The van der Waals surface area contributed by atoms with Crippen molar-refractivity contribution in [2.45, 2.75) is 202 Å². The van der Waals surface area contributed by atoms with Crippen LogP contribution in [0.3, 0.4) is 0 Å². The van der Waals surface area contributed by atoms with Gasteiger partial charge in [-0.3, -0.25) is 4.79 Å². The van der Waals surface area contributed by atoms with Crippen LogP contribution in [-0.4, -0.2) is 78.6 Å². The maximum absolute atomic E-state index is 12.0. The first-order valence-electron chi connectivity index (χ1n) is 20.4. The fraction of sp³-hybridized carbons (Fsp3) is 0.923. The number of hydrogen-bond donors (Lipinski definition) is 1. The molecule has 0 aromatic heterocycles. The van der Waals surface area contributed by atoms with E-state index in [-0.39, 0.29) is 18.6 Å². The molecule has 0 aliphatic rings. The fourth-order valence-corrected chi connectivity index (χ4v) is 8.82. The normalized spacial score (nSPS) is 13.0. The van der Waals surface area contributed by atoms with Crippen molar-refractivity contribution in [3.63, 3.8) is 0 Å². The Labute approximate surface area is 330 Å². The molecule has 0 aromatic carbocycles. The van der Waals surface area contributed by atoms with E-state index >= 15 is 0 Å². The Hall–Kier alpha value is -1.14. The zero-order chi connectivity index (χ0) is 41.2. The Morgan fingerprint density at radius 3 is 1.20 bits per heavy atom. The van der Waals surface area contributed by atoms with E-state index in [0.29, 0.717) is 57.6 Å². The summed E-state index contributed by atoms with van der Waals surface area (Å²) in [5.74, 6) is -1.89. The highest BCUT2D eigenvalue weighted by molar-refractivity contribution is 7.44. The van der Waals surface area contributed by atoms with Gasteiger partial charge in [0.2, 0.25) is 0 Å². The topological polar surface area (TPSA) is 120 Å². The average Bonchev–Trinajstić information content (AvgIpc) is 3.08. The van der Waals surface area contributed by atoms with Gasteiger partial charge in [0.05, 0.1) is 51.4 Å². The van der Waals surface area contributed by atoms with Crippen molar-refractivity contribution in [3.05, 3.63) is 0 Å². The van der Waals surface area contributed by atoms with Crippen molar-refractivity contribution in [2.75, 3.05) is 33.0 Å². The maximum atomic E-state index is 12.0. The van der Waals surface area contributed by atoms with Gasteiger partial charge in [-0.15, -0.1) is 0 Å². The van der Waals surface area contributed by atoms with Crippen LogP contribution in [0.4, 0.5) is 13.2 Å². The van der Waals surface area contributed by atoms with Crippen molar-refractivity contribution in [1.29, 1.82) is 10.5 Å². The van der Waals surface area contributed by atoms with Gasteiger partial charge in [0.1, 0.15) is 0 Å². The number of halogens is 3. The van der Waals surface area contributed by atoms with Crippen LogP contribution in [0.25, 0.3) is 0 Å². The van der Waals surface area contributed by atoms with Gasteiger partial charge in [-0.1, -0.05) is 84.0 Å². The molecule has 2 atom stereocenters. The lowest BCUT2D eigenvalue weighted by molar-refractivity contribution is -0.173. The summed E-state index contributed by atoms with van der Waals surface area (Å²) < 4.78 is 64.2. The number of nitriles is 2. The van der Waals surface area contributed by atoms with Crippen LogP contribution < -0.4 is 5.32 Å². The first-order chi connectivity index (χ1) is 25.6. The summed E-state index contributed by atoms with van der Waals surface area (Å²) in [6.07, 6.45) is 13.4. The average molecular weight is 814 g/mol. The quantitative estimate of drug-likeness (QED) is 0.0510. The third-order valence-corrected chi connectivity index (χ3v) is 12.3. The molecule has 1 N–H and O–H groups in total. The standard InChI is InChI=1S/C22H45N2O2P.C17H31F3N3O3P/c1-6-7-8-9-10-11-12-13-14-15-16-19-25-27(26-20-17-18-23)24(21(2)3)22(4)5;1-14(2)23(15(3)4)27(26-13-9-10-21)25-12-8-6-5-7-11-22-16(24)17(18,19)20/h21-22H,6-17,19-20H2,1-5H3;14-15H,5-9,11-13H2,1-4H3,(H,22,24). The van der Waals surface area contributed by atoms with Crippen LogP contribution in [0.2, 0.25) is 0 Å². The van der Waals surface area contributed by atoms with Crippen LogP contribution in [0.15, 0.2) is 0 Å². The van der Waals surface area contributed by atoms with Gasteiger partial charge in [-0.05, 0) is 74.7 Å². The van der Waals surface area contributed by atoms with Gasteiger partial charge >= 0.3 is 12.1 Å². The van der Waals surface area contributed by atoms with E-state index in [0.717, 1.165) is 25.9 Å². The Kier molecular flexibility index (Phi) is 36.9. The maximum Gasteiger partial charge on any atom is 0.471 e. The Bertz CT molecular complexity index is 952. The van der Waals surface area contributed by atoms with Gasteiger partial charge < -0.3 is 23.4 Å². The summed E-state index contributed by atoms with van der Waals surface area (Å²) in [6.45, 7) is 21.2. The lowest BCUT2D eigenvalue weighted by Gasteiger charge is -2.35. The number of unbranched alkanes of at least 4 members (excludes halogenated alkanes) is 13. The number of alkyl halides is 3. The predicted molar refractivity (Wildman–Crippen MR) is 216 cm³/mol. The molecule has 10 nitrogen and oxygen atoms in total. The fourth-order valence-electron chi connectivity index (χ4n) is 5.56. The molecular formula is C39H76F3N5O5P2. The Balaban J connectivity index is 0. The molecule has 0 radical (unpaired) electrons. The van der Waals surface area contributed by atoms with Gasteiger partial charge in [0.15, 0.2) is 0 Å². The van der Waals surface area contributed by atoms with Crippen molar-refractivity contribution in [2.24, 2.45) is 0 Å². The molecule has 0 heterocycles. The highest BCUT2D eigenvalue weighted by atomic mass is 31.2. The molecule has 0 fully saturated rings. The number of carbonyl (C=O) groups excluding carboxylic acids is 1. The predicted octanol–water partition coefficient (Wildman–Crippen LogP) is 12.1. The van der Waals surface area contributed by atoms with E-state index in [2.05, 4.69) is 77.7 Å². The lowest BCUT2D eigenvalue weighted by atomic mass is 10.1. The van der Waals surface area contributed by atoms with Gasteiger partial charge in [-0.25, -0.2) is 9.34 Å². The lowest BCUT2D eigenvalue weighted by Crippen LogP contribution is -2.37. The SMILES string of the molecule is CC(C)N(C(C)C)P(OCCC#N)OCCCCCCNC(=O)C(F)(F)F.CCCCCCCCCCCCCOP(OCCC#N)N(C(C)C)C(C)C. The molecule has 0 aromatic rings. The van der Waals surface area contributed by atoms with Crippen LogP contribution in [0.1, 0.15) is 171 Å². The van der Waals surface area contributed by atoms with Crippen molar-refractivity contribution >= 4 is 23.0 Å². The number of hydrogen-bond acceptors (Lipinski definition) is 9. The number of carbonyl (C=O) groups is 1. The van der Waals surface area contributed by atoms with Crippen molar-refractivity contribution in [1.82, 2.24) is 14.7 Å². The van der Waals surface area contributed by atoms with Crippen LogP contribution >= 0.6 is 17.1 Å². The molecular weight excluding hydrogens is 737 g/mol. The summed E-state index contributed by atoms with van der Waals surface area (Å²) in [6, 6.07) is 5.40. The molecule has 1 amide bonds. The van der Waals surface area contributed by atoms with Crippen molar-refractivity contribution in [3.8, 4) is 12.1 Å². The molecule has 0 saturated heterocycles. The van der Waals surface area contributed by atoms with Crippen LogP contribution in [-0.2, 0) is 22.9 Å². The summed E-state index contributed by atoms with van der Waals surface area (Å²) >= 11 is 0. The smallest absolute Gasteiger partial charge is 0.348 e. The van der Waals surface area contributed by atoms with Crippen molar-refractivity contribution < 1.29 is 36.1 Å². The summed E-state index contributed by atoms with van der Waals surface area (Å²) in [5.41, 5.74) is 0. The van der Waals surface area contributed by atoms with Crippen LogP contribution in [0, 0.1) is 22.7 Å². The molecule has 0 spiro atoms. The van der Waals surface area contributed by atoms with E-state index in [1.807, 2.05) is 11.4 Å². The first-order valence-corrected chi connectivity index (χ1v) is 22.7. The summed E-state index contributed by atoms with van der Waals surface area (Å²) in [7, 11) is -2.33. The van der Waals surface area contributed by atoms with Gasteiger partial charge in [0, 0.05) is 30.7 Å². The molecule has 0 rings (SSSR count). The van der Waals surface area contributed by atoms with Crippen LogP contribution in [0.5, 0.6) is 0 Å². The highest BCUT2D eigenvalue weighted by Crippen LogP contribution is 2.47. The molecule has 2 unspecified atom stereocenters. The zero-order valence-electron chi connectivity index (χ0n) is 35.2.